The average Bonchev–Trinajstić information content (AvgIpc) is 3.04. The van der Waals surface area contributed by atoms with Gasteiger partial charge in [-0.2, -0.15) is 13.2 Å². The molecule has 1 amide bonds. The SMILES string of the molecule is CCOC(=O)c1ccccc1NC(=O)CN1CCC(n2nc(C(F)(F)F)n(C)c2=O)CC1. The van der Waals surface area contributed by atoms with Gasteiger partial charge in [-0.25, -0.2) is 14.3 Å². The highest BCUT2D eigenvalue weighted by Crippen LogP contribution is 2.28. The fourth-order valence-corrected chi connectivity index (χ4v) is 3.63. The zero-order chi connectivity index (χ0) is 23.5. The second kappa shape index (κ2) is 9.55. The summed E-state index contributed by atoms with van der Waals surface area (Å²) < 4.78 is 45.4. The van der Waals surface area contributed by atoms with E-state index < -0.39 is 29.7 Å². The van der Waals surface area contributed by atoms with Crippen LogP contribution in [-0.2, 0) is 22.8 Å². The molecule has 0 aliphatic carbocycles. The smallest absolute Gasteiger partial charge is 0.451 e. The summed E-state index contributed by atoms with van der Waals surface area (Å²) in [7, 11) is 1.04. The zero-order valence-corrected chi connectivity index (χ0v) is 17.7. The summed E-state index contributed by atoms with van der Waals surface area (Å²) in [6.45, 7) is 2.74. The maximum atomic E-state index is 13.0. The maximum absolute atomic E-state index is 13.0. The first kappa shape index (κ1) is 23.5. The lowest BCUT2D eigenvalue weighted by molar-refractivity contribution is -0.147. The van der Waals surface area contributed by atoms with Crippen molar-refractivity contribution < 1.29 is 27.5 Å². The lowest BCUT2D eigenvalue weighted by atomic mass is 10.1. The minimum absolute atomic E-state index is 0.0365. The van der Waals surface area contributed by atoms with Crippen LogP contribution in [0.25, 0.3) is 0 Å². The number of hydrogen-bond acceptors (Lipinski definition) is 6. The summed E-state index contributed by atoms with van der Waals surface area (Å²) in [6, 6.07) is 6.02. The summed E-state index contributed by atoms with van der Waals surface area (Å²) >= 11 is 0. The van der Waals surface area contributed by atoms with Gasteiger partial charge in [0.2, 0.25) is 11.7 Å². The van der Waals surface area contributed by atoms with Gasteiger partial charge < -0.3 is 10.1 Å². The highest BCUT2D eigenvalue weighted by Gasteiger charge is 2.39. The van der Waals surface area contributed by atoms with Crippen molar-refractivity contribution >= 4 is 17.6 Å². The molecule has 0 bridgehead atoms. The third-order valence-corrected chi connectivity index (χ3v) is 5.22. The minimum Gasteiger partial charge on any atom is -0.462 e. The summed E-state index contributed by atoms with van der Waals surface area (Å²) in [5.74, 6) is -2.11. The van der Waals surface area contributed by atoms with Crippen LogP contribution in [-0.4, -0.2) is 57.4 Å². The Bertz CT molecular complexity index is 1040. The van der Waals surface area contributed by atoms with Gasteiger partial charge in [0, 0.05) is 20.1 Å². The molecule has 12 heteroatoms. The summed E-state index contributed by atoms with van der Waals surface area (Å²) in [6.07, 6.45) is -3.96. The van der Waals surface area contributed by atoms with Crippen molar-refractivity contribution in [2.75, 3.05) is 31.6 Å². The number of aromatic nitrogens is 3. The van der Waals surface area contributed by atoms with Gasteiger partial charge in [-0.05, 0) is 31.9 Å². The molecule has 3 rings (SSSR count). The lowest BCUT2D eigenvalue weighted by Crippen LogP contribution is -2.41. The van der Waals surface area contributed by atoms with Crippen molar-refractivity contribution in [3.8, 4) is 0 Å². The standard InChI is InChI=1S/C20H24F3N5O4/c1-3-32-17(30)14-6-4-5-7-15(14)24-16(29)12-27-10-8-13(9-11-27)28-19(31)26(2)18(25-28)20(21,22)23/h4-7,13H,3,8-12H2,1-2H3,(H,24,29). The van der Waals surface area contributed by atoms with Gasteiger partial charge in [-0.15, -0.1) is 5.10 Å². The van der Waals surface area contributed by atoms with E-state index in [0.717, 1.165) is 11.7 Å². The number of benzene rings is 1. The number of para-hydroxylation sites is 1. The molecule has 1 aromatic heterocycles. The van der Waals surface area contributed by atoms with E-state index in [1.807, 2.05) is 4.90 Å². The van der Waals surface area contributed by atoms with E-state index in [9.17, 15) is 27.6 Å². The molecule has 1 aromatic carbocycles. The minimum atomic E-state index is -4.71. The number of hydrogen-bond donors (Lipinski definition) is 1. The molecule has 0 unspecified atom stereocenters. The van der Waals surface area contributed by atoms with E-state index in [1.165, 1.54) is 0 Å². The van der Waals surface area contributed by atoms with Crippen molar-refractivity contribution in [3.05, 3.63) is 46.1 Å². The number of esters is 1. The van der Waals surface area contributed by atoms with Crippen LogP contribution in [0.2, 0.25) is 0 Å². The predicted molar refractivity (Wildman–Crippen MR) is 108 cm³/mol. The molecule has 2 heterocycles. The molecule has 1 N–H and O–H groups in total. The van der Waals surface area contributed by atoms with Gasteiger partial charge in [0.05, 0.1) is 30.4 Å². The summed E-state index contributed by atoms with van der Waals surface area (Å²) in [5.41, 5.74) is -0.231. The number of halogens is 3. The second-order valence-corrected chi connectivity index (χ2v) is 7.43. The van der Waals surface area contributed by atoms with E-state index >= 15 is 0 Å². The molecular formula is C20H24F3N5O4. The Hall–Kier alpha value is -3.15. The molecule has 2 aromatic rings. The van der Waals surface area contributed by atoms with E-state index in [4.69, 9.17) is 4.74 Å². The molecule has 1 aliphatic heterocycles. The molecule has 0 spiro atoms. The number of carbonyl (C=O) groups is 2. The summed E-state index contributed by atoms with van der Waals surface area (Å²) in [4.78, 5) is 38.5. The topological polar surface area (TPSA) is 98.5 Å². The van der Waals surface area contributed by atoms with Crippen LogP contribution in [0, 0.1) is 0 Å². The van der Waals surface area contributed by atoms with E-state index in [-0.39, 0.29) is 24.6 Å². The molecule has 0 atom stereocenters. The van der Waals surface area contributed by atoms with Crippen molar-refractivity contribution in [2.24, 2.45) is 7.05 Å². The molecular weight excluding hydrogens is 431 g/mol. The number of anilines is 1. The fourth-order valence-electron chi connectivity index (χ4n) is 3.63. The third-order valence-electron chi connectivity index (χ3n) is 5.22. The number of rotatable bonds is 6. The van der Waals surface area contributed by atoms with Crippen LogP contribution in [0.4, 0.5) is 18.9 Å². The van der Waals surface area contributed by atoms with Crippen LogP contribution in [0.3, 0.4) is 0 Å². The van der Waals surface area contributed by atoms with Gasteiger partial charge >= 0.3 is 17.8 Å². The highest BCUT2D eigenvalue weighted by atomic mass is 19.4. The van der Waals surface area contributed by atoms with Gasteiger partial charge in [-0.3, -0.25) is 14.3 Å². The Morgan fingerprint density at radius 1 is 1.22 bits per heavy atom. The predicted octanol–water partition coefficient (Wildman–Crippen LogP) is 2.05. The number of nitrogens with zero attached hydrogens (tertiary/aromatic N) is 4. The Kier molecular flexibility index (Phi) is 7.02. The van der Waals surface area contributed by atoms with Crippen LogP contribution in [0.1, 0.15) is 42.0 Å². The van der Waals surface area contributed by atoms with Crippen LogP contribution in [0.15, 0.2) is 29.1 Å². The molecule has 9 nitrogen and oxygen atoms in total. The van der Waals surface area contributed by atoms with Crippen LogP contribution in [0.5, 0.6) is 0 Å². The average molecular weight is 455 g/mol. The number of likely N-dealkylation sites (tertiary alicyclic amines) is 1. The zero-order valence-electron chi connectivity index (χ0n) is 17.7. The summed E-state index contributed by atoms with van der Waals surface area (Å²) in [5, 5.41) is 6.19. The first-order valence-electron chi connectivity index (χ1n) is 10.1. The Balaban J connectivity index is 1.59. The normalized spacial score (nSPS) is 15.5. The fraction of sp³-hybridized carbons (Fsp3) is 0.500. The first-order chi connectivity index (χ1) is 15.1. The number of carbonyl (C=O) groups excluding carboxylic acids is 2. The molecule has 1 aliphatic rings. The van der Waals surface area contributed by atoms with Gasteiger partial charge in [0.1, 0.15) is 0 Å². The van der Waals surface area contributed by atoms with Gasteiger partial charge in [-0.1, -0.05) is 12.1 Å². The molecule has 0 saturated carbocycles. The number of ether oxygens (including phenoxy) is 1. The number of nitrogens with one attached hydrogen (secondary N) is 1. The Morgan fingerprint density at radius 3 is 2.47 bits per heavy atom. The molecule has 1 fully saturated rings. The van der Waals surface area contributed by atoms with Crippen molar-refractivity contribution in [1.29, 1.82) is 0 Å². The van der Waals surface area contributed by atoms with Crippen LogP contribution < -0.4 is 11.0 Å². The second-order valence-electron chi connectivity index (χ2n) is 7.43. The number of alkyl halides is 3. The molecule has 1 saturated heterocycles. The molecule has 174 valence electrons. The monoisotopic (exact) mass is 455 g/mol. The Morgan fingerprint density at radius 2 is 1.88 bits per heavy atom. The maximum Gasteiger partial charge on any atom is 0.451 e. The molecule has 32 heavy (non-hydrogen) atoms. The van der Waals surface area contributed by atoms with E-state index in [1.54, 1.807) is 31.2 Å². The lowest BCUT2D eigenvalue weighted by Gasteiger charge is -2.31. The third kappa shape index (κ3) is 5.18. The molecule has 0 radical (unpaired) electrons. The Labute approximate surface area is 181 Å². The first-order valence-corrected chi connectivity index (χ1v) is 10.1. The largest absolute Gasteiger partial charge is 0.462 e. The van der Waals surface area contributed by atoms with Crippen molar-refractivity contribution in [2.45, 2.75) is 32.0 Å². The van der Waals surface area contributed by atoms with Crippen molar-refractivity contribution in [3.63, 3.8) is 0 Å². The quantitative estimate of drug-likeness (QED) is 0.670. The number of piperidine rings is 1. The highest BCUT2D eigenvalue weighted by molar-refractivity contribution is 6.01. The number of amides is 1. The van der Waals surface area contributed by atoms with E-state index in [0.29, 0.717) is 36.2 Å². The van der Waals surface area contributed by atoms with Crippen LogP contribution >= 0.6 is 0 Å². The van der Waals surface area contributed by atoms with Crippen molar-refractivity contribution in [1.82, 2.24) is 19.2 Å². The van der Waals surface area contributed by atoms with Gasteiger partial charge in [0.15, 0.2) is 0 Å². The van der Waals surface area contributed by atoms with E-state index in [2.05, 4.69) is 10.4 Å². The van der Waals surface area contributed by atoms with Gasteiger partial charge in [0.25, 0.3) is 0 Å².